The van der Waals surface area contributed by atoms with Crippen LogP contribution in [0.15, 0.2) is 5.51 Å². The smallest absolute Gasteiger partial charge is 0.205 e. The molecule has 1 heterocycles. The van der Waals surface area contributed by atoms with Crippen LogP contribution in [0.2, 0.25) is 0 Å². The first-order valence-corrected chi connectivity index (χ1v) is 7.16. The Labute approximate surface area is 102 Å². The third-order valence-electron chi connectivity index (χ3n) is 3.64. The summed E-state index contributed by atoms with van der Waals surface area (Å²) in [6.07, 6.45) is 6.66. The summed E-state index contributed by atoms with van der Waals surface area (Å²) in [5, 5.41) is 12.4. The number of hydrogen-bond acceptors (Lipinski definition) is 4. The second-order valence-electron chi connectivity index (χ2n) is 5.10. The maximum atomic E-state index is 4.05. The van der Waals surface area contributed by atoms with Crippen molar-refractivity contribution < 1.29 is 0 Å². The van der Waals surface area contributed by atoms with Crippen LogP contribution in [0.1, 0.15) is 46.0 Å². The standard InChI is InChI=1S/C12H21N3S/c1-9(2)10-4-3-5-11(7-6-10)14-12-15-13-8-16-12/h8-11H,3-7H2,1-2H3,(H,14,15). The maximum Gasteiger partial charge on any atom is 0.205 e. The average Bonchev–Trinajstić information content (AvgIpc) is 2.63. The van der Waals surface area contributed by atoms with Crippen molar-refractivity contribution in [3.8, 4) is 0 Å². The van der Waals surface area contributed by atoms with E-state index in [-0.39, 0.29) is 0 Å². The molecule has 16 heavy (non-hydrogen) atoms. The van der Waals surface area contributed by atoms with E-state index >= 15 is 0 Å². The van der Waals surface area contributed by atoms with Gasteiger partial charge in [0.2, 0.25) is 5.13 Å². The number of aromatic nitrogens is 2. The molecule has 0 radical (unpaired) electrons. The van der Waals surface area contributed by atoms with E-state index in [1.807, 2.05) is 0 Å². The molecule has 1 aliphatic carbocycles. The topological polar surface area (TPSA) is 37.8 Å². The first kappa shape index (κ1) is 11.8. The molecule has 0 spiro atoms. The Morgan fingerprint density at radius 1 is 1.31 bits per heavy atom. The molecule has 1 fully saturated rings. The van der Waals surface area contributed by atoms with Gasteiger partial charge in [-0.05, 0) is 31.1 Å². The summed E-state index contributed by atoms with van der Waals surface area (Å²) in [5.41, 5.74) is 1.79. The zero-order valence-corrected chi connectivity index (χ0v) is 11.0. The molecule has 3 nitrogen and oxygen atoms in total. The van der Waals surface area contributed by atoms with Crippen LogP contribution in [0.25, 0.3) is 0 Å². The molecule has 1 saturated carbocycles. The van der Waals surface area contributed by atoms with Gasteiger partial charge in [-0.3, -0.25) is 0 Å². The minimum atomic E-state index is 0.608. The van der Waals surface area contributed by atoms with E-state index in [0.717, 1.165) is 17.0 Å². The number of hydrogen-bond donors (Lipinski definition) is 1. The highest BCUT2D eigenvalue weighted by molar-refractivity contribution is 7.13. The molecule has 1 N–H and O–H groups in total. The van der Waals surface area contributed by atoms with E-state index in [1.165, 1.54) is 32.1 Å². The van der Waals surface area contributed by atoms with Crippen LogP contribution in [0.3, 0.4) is 0 Å². The van der Waals surface area contributed by atoms with E-state index in [0.29, 0.717) is 6.04 Å². The van der Waals surface area contributed by atoms with Crippen molar-refractivity contribution in [2.24, 2.45) is 11.8 Å². The Balaban J connectivity index is 1.84. The Hall–Kier alpha value is -0.640. The summed E-state index contributed by atoms with van der Waals surface area (Å²) < 4.78 is 0. The molecular weight excluding hydrogens is 218 g/mol. The minimum Gasteiger partial charge on any atom is -0.357 e. The van der Waals surface area contributed by atoms with Gasteiger partial charge in [0.1, 0.15) is 5.51 Å². The fourth-order valence-electron chi connectivity index (χ4n) is 2.55. The summed E-state index contributed by atoms with van der Waals surface area (Å²) >= 11 is 1.60. The molecule has 1 aromatic rings. The van der Waals surface area contributed by atoms with Gasteiger partial charge in [-0.15, -0.1) is 10.2 Å². The zero-order chi connectivity index (χ0) is 11.4. The van der Waals surface area contributed by atoms with Crippen molar-refractivity contribution in [3.05, 3.63) is 5.51 Å². The van der Waals surface area contributed by atoms with Crippen molar-refractivity contribution >= 4 is 16.5 Å². The summed E-state index contributed by atoms with van der Waals surface area (Å²) in [4.78, 5) is 0. The van der Waals surface area contributed by atoms with Crippen LogP contribution >= 0.6 is 11.3 Å². The molecule has 0 aromatic carbocycles. The highest BCUT2D eigenvalue weighted by Gasteiger charge is 2.21. The van der Waals surface area contributed by atoms with E-state index < -0.39 is 0 Å². The lowest BCUT2D eigenvalue weighted by Gasteiger charge is -2.18. The van der Waals surface area contributed by atoms with Crippen molar-refractivity contribution in [2.75, 3.05) is 5.32 Å². The van der Waals surface area contributed by atoms with Gasteiger partial charge in [-0.2, -0.15) is 0 Å². The van der Waals surface area contributed by atoms with Gasteiger partial charge >= 0.3 is 0 Å². The van der Waals surface area contributed by atoms with Gasteiger partial charge < -0.3 is 5.32 Å². The normalized spacial score (nSPS) is 26.7. The monoisotopic (exact) mass is 239 g/mol. The SMILES string of the molecule is CC(C)C1CCCC(Nc2nncs2)CC1. The van der Waals surface area contributed by atoms with Gasteiger partial charge in [-0.25, -0.2) is 0 Å². The average molecular weight is 239 g/mol. The summed E-state index contributed by atoms with van der Waals surface area (Å²) in [6, 6.07) is 0.608. The summed E-state index contributed by atoms with van der Waals surface area (Å²) in [7, 11) is 0. The molecular formula is C12H21N3S. The van der Waals surface area contributed by atoms with E-state index in [4.69, 9.17) is 0 Å². The third-order valence-corrected chi connectivity index (χ3v) is 4.27. The lowest BCUT2D eigenvalue weighted by molar-refractivity contribution is 0.341. The fraction of sp³-hybridized carbons (Fsp3) is 0.833. The maximum absolute atomic E-state index is 4.05. The Kier molecular flexibility index (Phi) is 4.16. The number of rotatable bonds is 3. The Morgan fingerprint density at radius 2 is 2.19 bits per heavy atom. The Bertz CT molecular complexity index is 297. The molecule has 2 unspecified atom stereocenters. The molecule has 1 aliphatic rings. The number of anilines is 1. The predicted molar refractivity (Wildman–Crippen MR) is 68.7 cm³/mol. The van der Waals surface area contributed by atoms with Crippen LogP contribution in [-0.2, 0) is 0 Å². The van der Waals surface area contributed by atoms with E-state index in [1.54, 1.807) is 16.8 Å². The second kappa shape index (κ2) is 5.62. The second-order valence-corrected chi connectivity index (χ2v) is 5.93. The van der Waals surface area contributed by atoms with E-state index in [2.05, 4.69) is 29.4 Å². The van der Waals surface area contributed by atoms with Crippen molar-refractivity contribution in [1.82, 2.24) is 10.2 Å². The van der Waals surface area contributed by atoms with Crippen LogP contribution < -0.4 is 5.32 Å². The third kappa shape index (κ3) is 3.17. The molecule has 0 bridgehead atoms. The first-order chi connectivity index (χ1) is 7.75. The molecule has 90 valence electrons. The van der Waals surface area contributed by atoms with Crippen molar-refractivity contribution in [1.29, 1.82) is 0 Å². The highest BCUT2D eigenvalue weighted by Crippen LogP contribution is 2.30. The van der Waals surface area contributed by atoms with Crippen molar-refractivity contribution in [2.45, 2.75) is 52.0 Å². The lowest BCUT2D eigenvalue weighted by Crippen LogP contribution is -2.18. The van der Waals surface area contributed by atoms with Gasteiger partial charge in [0, 0.05) is 6.04 Å². The van der Waals surface area contributed by atoms with Crippen LogP contribution in [0.4, 0.5) is 5.13 Å². The molecule has 4 heteroatoms. The van der Waals surface area contributed by atoms with Gasteiger partial charge in [0.05, 0.1) is 0 Å². The molecule has 0 aliphatic heterocycles. The first-order valence-electron chi connectivity index (χ1n) is 6.28. The quantitative estimate of drug-likeness (QED) is 0.820. The van der Waals surface area contributed by atoms with Crippen molar-refractivity contribution in [3.63, 3.8) is 0 Å². The fourth-order valence-corrected chi connectivity index (χ4v) is 3.08. The number of nitrogens with one attached hydrogen (secondary N) is 1. The lowest BCUT2D eigenvalue weighted by atomic mass is 9.89. The molecule has 2 rings (SSSR count). The largest absolute Gasteiger partial charge is 0.357 e. The van der Waals surface area contributed by atoms with Crippen LogP contribution in [-0.4, -0.2) is 16.2 Å². The van der Waals surface area contributed by atoms with Gasteiger partial charge in [-0.1, -0.05) is 38.0 Å². The molecule has 0 saturated heterocycles. The zero-order valence-electron chi connectivity index (χ0n) is 10.1. The summed E-state index contributed by atoms with van der Waals surface area (Å²) in [6.45, 7) is 4.70. The number of nitrogens with zero attached hydrogens (tertiary/aromatic N) is 2. The molecule has 1 aromatic heterocycles. The molecule has 2 atom stereocenters. The van der Waals surface area contributed by atoms with Crippen LogP contribution in [0, 0.1) is 11.8 Å². The van der Waals surface area contributed by atoms with Gasteiger partial charge in [0.15, 0.2) is 0 Å². The highest BCUT2D eigenvalue weighted by atomic mass is 32.1. The summed E-state index contributed by atoms with van der Waals surface area (Å²) in [5.74, 6) is 1.75. The predicted octanol–water partition coefficient (Wildman–Crippen LogP) is 3.55. The molecule has 0 amide bonds. The minimum absolute atomic E-state index is 0.608. The Morgan fingerprint density at radius 3 is 2.88 bits per heavy atom. The van der Waals surface area contributed by atoms with Gasteiger partial charge in [0.25, 0.3) is 0 Å². The van der Waals surface area contributed by atoms with E-state index in [9.17, 15) is 0 Å². The van der Waals surface area contributed by atoms with Crippen LogP contribution in [0.5, 0.6) is 0 Å².